The summed E-state index contributed by atoms with van der Waals surface area (Å²) in [6.45, 7) is 0. The Morgan fingerprint density at radius 2 is 2.19 bits per heavy atom. The van der Waals surface area contributed by atoms with Gasteiger partial charge in [-0.25, -0.2) is 0 Å². The van der Waals surface area contributed by atoms with Crippen molar-refractivity contribution < 1.29 is 9.53 Å². The van der Waals surface area contributed by atoms with Gasteiger partial charge in [-0.15, -0.1) is 0 Å². The second-order valence-electron chi connectivity index (χ2n) is 3.29. The summed E-state index contributed by atoms with van der Waals surface area (Å²) in [6.07, 6.45) is 0. The monoisotopic (exact) mass is 233 g/mol. The number of hydrogen-bond donors (Lipinski definition) is 1. The van der Waals surface area contributed by atoms with E-state index in [9.17, 15) is 4.79 Å². The lowest BCUT2D eigenvalue weighted by atomic mass is 10.0. The van der Waals surface area contributed by atoms with Gasteiger partial charge in [0, 0.05) is 28.3 Å². The van der Waals surface area contributed by atoms with E-state index in [1.54, 1.807) is 31.4 Å². The summed E-state index contributed by atoms with van der Waals surface area (Å²) in [5, 5.41) is 3.68. The fourth-order valence-electron chi connectivity index (χ4n) is 1.42. The Hall–Kier alpha value is -1.81. The van der Waals surface area contributed by atoms with Gasteiger partial charge in [0.25, 0.3) is 0 Å². The predicted molar refractivity (Wildman–Crippen MR) is 65.2 cm³/mol. The number of anilines is 1. The summed E-state index contributed by atoms with van der Waals surface area (Å²) in [5.41, 5.74) is 7.43. The van der Waals surface area contributed by atoms with E-state index in [0.29, 0.717) is 22.6 Å². The van der Waals surface area contributed by atoms with Crippen molar-refractivity contribution in [3.63, 3.8) is 0 Å². The number of rotatable bonds is 3. The largest absolute Gasteiger partial charge is 0.497 e. The van der Waals surface area contributed by atoms with Crippen molar-refractivity contribution in [2.24, 2.45) is 0 Å². The SMILES string of the molecule is COc1ccc(C(=O)c2ccsc2)c(N)c1. The van der Waals surface area contributed by atoms with Crippen LogP contribution in [0.5, 0.6) is 5.75 Å². The Balaban J connectivity index is 2.38. The van der Waals surface area contributed by atoms with E-state index >= 15 is 0 Å². The first-order valence-electron chi connectivity index (χ1n) is 4.73. The molecule has 0 unspecified atom stereocenters. The lowest BCUT2D eigenvalue weighted by Gasteiger charge is -2.05. The van der Waals surface area contributed by atoms with Crippen molar-refractivity contribution >= 4 is 22.8 Å². The van der Waals surface area contributed by atoms with E-state index in [1.165, 1.54) is 11.3 Å². The third-order valence-electron chi connectivity index (χ3n) is 2.29. The second kappa shape index (κ2) is 4.37. The van der Waals surface area contributed by atoms with Crippen LogP contribution in [0.15, 0.2) is 35.0 Å². The minimum atomic E-state index is -0.0543. The highest BCUT2D eigenvalue weighted by molar-refractivity contribution is 7.08. The predicted octanol–water partition coefficient (Wildman–Crippen LogP) is 2.57. The van der Waals surface area contributed by atoms with Gasteiger partial charge < -0.3 is 10.5 Å². The third-order valence-corrected chi connectivity index (χ3v) is 2.97. The summed E-state index contributed by atoms with van der Waals surface area (Å²) in [5.74, 6) is 0.598. The van der Waals surface area contributed by atoms with Gasteiger partial charge in [-0.2, -0.15) is 11.3 Å². The molecule has 0 bridgehead atoms. The first kappa shape index (κ1) is 10.7. The number of nitrogen functional groups attached to an aromatic ring is 1. The lowest BCUT2D eigenvalue weighted by Crippen LogP contribution is -2.04. The molecule has 0 aliphatic heterocycles. The second-order valence-corrected chi connectivity index (χ2v) is 4.07. The Labute approximate surface area is 97.5 Å². The Morgan fingerprint density at radius 3 is 2.75 bits per heavy atom. The molecule has 0 aliphatic carbocycles. The van der Waals surface area contributed by atoms with Crippen LogP contribution in [0, 0.1) is 0 Å². The number of ether oxygens (including phenoxy) is 1. The van der Waals surface area contributed by atoms with Crippen LogP contribution in [0.3, 0.4) is 0 Å². The maximum absolute atomic E-state index is 12.0. The molecular formula is C12H11NO2S. The highest BCUT2D eigenvalue weighted by atomic mass is 32.1. The van der Waals surface area contributed by atoms with E-state index < -0.39 is 0 Å². The van der Waals surface area contributed by atoms with Gasteiger partial charge in [0.1, 0.15) is 5.75 Å². The van der Waals surface area contributed by atoms with E-state index in [2.05, 4.69) is 0 Å². The minimum absolute atomic E-state index is 0.0543. The maximum Gasteiger partial charge on any atom is 0.195 e. The maximum atomic E-state index is 12.0. The molecule has 0 atom stereocenters. The van der Waals surface area contributed by atoms with Crippen molar-refractivity contribution in [3.8, 4) is 5.75 Å². The van der Waals surface area contributed by atoms with Crippen LogP contribution in [0.4, 0.5) is 5.69 Å². The van der Waals surface area contributed by atoms with Gasteiger partial charge in [-0.05, 0) is 23.6 Å². The first-order valence-corrected chi connectivity index (χ1v) is 5.67. The molecular weight excluding hydrogens is 222 g/mol. The number of methoxy groups -OCH3 is 1. The molecule has 3 nitrogen and oxygen atoms in total. The molecule has 2 N–H and O–H groups in total. The van der Waals surface area contributed by atoms with Crippen molar-refractivity contribution in [2.45, 2.75) is 0 Å². The van der Waals surface area contributed by atoms with E-state index in [1.807, 2.05) is 10.8 Å². The van der Waals surface area contributed by atoms with Crippen LogP contribution in [0.25, 0.3) is 0 Å². The first-order chi connectivity index (χ1) is 7.72. The number of hydrogen-bond acceptors (Lipinski definition) is 4. The normalized spacial score (nSPS) is 10.1. The smallest absolute Gasteiger partial charge is 0.195 e. The molecule has 4 heteroatoms. The molecule has 0 saturated carbocycles. The highest BCUT2D eigenvalue weighted by Crippen LogP contribution is 2.22. The molecule has 0 aliphatic rings. The molecule has 1 aromatic carbocycles. The number of ketones is 1. The van der Waals surface area contributed by atoms with Gasteiger partial charge in [-0.3, -0.25) is 4.79 Å². The Kier molecular flexibility index (Phi) is 2.92. The summed E-state index contributed by atoms with van der Waals surface area (Å²) in [6, 6.07) is 6.86. The van der Waals surface area contributed by atoms with E-state index in [0.717, 1.165) is 0 Å². The number of thiophene rings is 1. The topological polar surface area (TPSA) is 52.3 Å². The molecule has 0 amide bonds. The molecule has 1 heterocycles. The third kappa shape index (κ3) is 1.92. The summed E-state index contributed by atoms with van der Waals surface area (Å²) in [4.78, 5) is 12.0. The minimum Gasteiger partial charge on any atom is -0.497 e. The number of carbonyl (C=O) groups is 1. The molecule has 0 spiro atoms. The number of nitrogens with two attached hydrogens (primary N) is 1. The molecule has 0 fully saturated rings. The van der Waals surface area contributed by atoms with Crippen molar-refractivity contribution in [1.82, 2.24) is 0 Å². The van der Waals surface area contributed by atoms with Gasteiger partial charge in [0.2, 0.25) is 0 Å². The van der Waals surface area contributed by atoms with Crippen LogP contribution in [-0.4, -0.2) is 12.9 Å². The van der Waals surface area contributed by atoms with Crippen LogP contribution in [0.1, 0.15) is 15.9 Å². The standard InChI is InChI=1S/C12H11NO2S/c1-15-9-2-3-10(11(13)6-9)12(14)8-4-5-16-7-8/h2-7H,13H2,1H3. The van der Waals surface area contributed by atoms with Crippen LogP contribution in [-0.2, 0) is 0 Å². The fraction of sp³-hybridized carbons (Fsp3) is 0.0833. The average molecular weight is 233 g/mol. The molecule has 82 valence electrons. The average Bonchev–Trinajstić information content (AvgIpc) is 2.81. The lowest BCUT2D eigenvalue weighted by molar-refractivity contribution is 0.104. The molecule has 2 aromatic rings. The van der Waals surface area contributed by atoms with Crippen molar-refractivity contribution in [1.29, 1.82) is 0 Å². The zero-order chi connectivity index (χ0) is 11.5. The van der Waals surface area contributed by atoms with E-state index in [-0.39, 0.29) is 5.78 Å². The highest BCUT2D eigenvalue weighted by Gasteiger charge is 2.12. The van der Waals surface area contributed by atoms with Gasteiger partial charge >= 0.3 is 0 Å². The summed E-state index contributed by atoms with van der Waals surface area (Å²) >= 11 is 1.49. The fourth-order valence-corrected chi connectivity index (χ4v) is 2.06. The van der Waals surface area contributed by atoms with Crippen LogP contribution >= 0.6 is 11.3 Å². The molecule has 0 radical (unpaired) electrons. The van der Waals surface area contributed by atoms with Crippen molar-refractivity contribution in [2.75, 3.05) is 12.8 Å². The molecule has 1 aromatic heterocycles. The summed E-state index contributed by atoms with van der Waals surface area (Å²) < 4.78 is 5.03. The van der Waals surface area contributed by atoms with Crippen LogP contribution in [0.2, 0.25) is 0 Å². The van der Waals surface area contributed by atoms with E-state index in [4.69, 9.17) is 10.5 Å². The van der Waals surface area contributed by atoms with Crippen molar-refractivity contribution in [3.05, 3.63) is 46.2 Å². The van der Waals surface area contributed by atoms with Gasteiger partial charge in [0.15, 0.2) is 5.78 Å². The molecule has 0 saturated heterocycles. The zero-order valence-electron chi connectivity index (χ0n) is 8.77. The Bertz CT molecular complexity index is 506. The zero-order valence-corrected chi connectivity index (χ0v) is 9.58. The number of carbonyl (C=O) groups excluding carboxylic acids is 1. The summed E-state index contributed by atoms with van der Waals surface area (Å²) in [7, 11) is 1.56. The van der Waals surface area contributed by atoms with Crippen LogP contribution < -0.4 is 10.5 Å². The molecule has 16 heavy (non-hydrogen) atoms. The number of benzene rings is 1. The van der Waals surface area contributed by atoms with Gasteiger partial charge in [0.05, 0.1) is 7.11 Å². The van der Waals surface area contributed by atoms with Gasteiger partial charge in [-0.1, -0.05) is 0 Å². The molecule has 2 rings (SSSR count). The quantitative estimate of drug-likeness (QED) is 0.654. The Morgan fingerprint density at radius 1 is 1.38 bits per heavy atom.